The quantitative estimate of drug-likeness (QED) is 0.747. The lowest BCUT2D eigenvalue weighted by molar-refractivity contribution is 0.0945. The number of carbonyl (C=O) groups excluding carboxylic acids is 1. The summed E-state index contributed by atoms with van der Waals surface area (Å²) in [6.07, 6.45) is 2.92. The molecule has 0 aliphatic carbocycles. The standard InChI is InChI=1S/C19H17FN4O/c1-13-2-8-16(9-3-13)24-18-12-21-17(11-22-18)19(25)23-10-14-4-6-15(20)7-5-14/h2-9,11-12H,10H2,1H3,(H,22,24)(H,23,25). The van der Waals surface area contributed by atoms with Crippen LogP contribution < -0.4 is 10.6 Å². The number of aryl methyl sites for hydroxylation is 1. The fourth-order valence-corrected chi connectivity index (χ4v) is 2.17. The van der Waals surface area contributed by atoms with E-state index in [1.165, 1.54) is 30.1 Å². The smallest absolute Gasteiger partial charge is 0.271 e. The Balaban J connectivity index is 1.58. The molecule has 1 aromatic heterocycles. The van der Waals surface area contributed by atoms with Crippen LogP contribution in [0.3, 0.4) is 0 Å². The van der Waals surface area contributed by atoms with Crippen LogP contribution in [0.25, 0.3) is 0 Å². The number of benzene rings is 2. The second kappa shape index (κ2) is 7.53. The first kappa shape index (κ1) is 16.6. The van der Waals surface area contributed by atoms with Crippen molar-refractivity contribution >= 4 is 17.4 Å². The van der Waals surface area contributed by atoms with Crippen LogP contribution in [0, 0.1) is 12.7 Å². The molecule has 0 radical (unpaired) electrons. The lowest BCUT2D eigenvalue weighted by atomic mass is 10.2. The van der Waals surface area contributed by atoms with E-state index in [1.54, 1.807) is 12.1 Å². The molecule has 0 fully saturated rings. The van der Waals surface area contributed by atoms with Crippen LogP contribution in [0.1, 0.15) is 21.6 Å². The van der Waals surface area contributed by atoms with E-state index < -0.39 is 0 Å². The largest absolute Gasteiger partial charge is 0.347 e. The van der Waals surface area contributed by atoms with E-state index in [2.05, 4.69) is 20.6 Å². The molecule has 0 atom stereocenters. The van der Waals surface area contributed by atoms with Crippen LogP contribution in [-0.4, -0.2) is 15.9 Å². The number of hydrogen-bond acceptors (Lipinski definition) is 4. The summed E-state index contributed by atoms with van der Waals surface area (Å²) < 4.78 is 12.9. The van der Waals surface area contributed by atoms with E-state index in [-0.39, 0.29) is 17.4 Å². The van der Waals surface area contributed by atoms with E-state index in [0.29, 0.717) is 12.4 Å². The Morgan fingerprint density at radius 2 is 1.72 bits per heavy atom. The molecular formula is C19H17FN4O. The van der Waals surface area contributed by atoms with Crippen molar-refractivity contribution in [1.82, 2.24) is 15.3 Å². The van der Waals surface area contributed by atoms with E-state index in [9.17, 15) is 9.18 Å². The Labute approximate surface area is 145 Å². The minimum absolute atomic E-state index is 0.219. The number of carbonyl (C=O) groups is 1. The van der Waals surface area contributed by atoms with E-state index in [1.807, 2.05) is 31.2 Å². The molecule has 3 aromatic rings. The van der Waals surface area contributed by atoms with Gasteiger partial charge in [-0.3, -0.25) is 4.79 Å². The monoisotopic (exact) mass is 336 g/mol. The molecule has 3 rings (SSSR count). The zero-order valence-electron chi connectivity index (χ0n) is 13.7. The van der Waals surface area contributed by atoms with Crippen LogP contribution in [0.5, 0.6) is 0 Å². The average molecular weight is 336 g/mol. The summed E-state index contributed by atoms with van der Waals surface area (Å²) in [7, 11) is 0. The minimum Gasteiger partial charge on any atom is -0.347 e. The van der Waals surface area contributed by atoms with Crippen molar-refractivity contribution in [3.8, 4) is 0 Å². The van der Waals surface area contributed by atoms with E-state index in [4.69, 9.17) is 0 Å². The third-order valence-electron chi connectivity index (χ3n) is 3.57. The molecule has 0 bridgehead atoms. The van der Waals surface area contributed by atoms with Crippen molar-refractivity contribution in [2.75, 3.05) is 5.32 Å². The molecule has 0 aliphatic heterocycles. The van der Waals surface area contributed by atoms with Crippen molar-refractivity contribution in [2.45, 2.75) is 13.5 Å². The van der Waals surface area contributed by atoms with Crippen molar-refractivity contribution in [1.29, 1.82) is 0 Å². The first-order chi connectivity index (χ1) is 12.1. The Morgan fingerprint density at radius 3 is 2.36 bits per heavy atom. The van der Waals surface area contributed by atoms with Gasteiger partial charge in [-0.15, -0.1) is 0 Å². The van der Waals surface area contributed by atoms with Crippen LogP contribution in [-0.2, 0) is 6.54 Å². The maximum absolute atomic E-state index is 12.9. The third kappa shape index (κ3) is 4.60. The molecule has 0 saturated heterocycles. The Kier molecular flexibility index (Phi) is 4.99. The number of nitrogens with zero attached hydrogens (tertiary/aromatic N) is 2. The summed E-state index contributed by atoms with van der Waals surface area (Å²) in [5.41, 5.74) is 3.09. The van der Waals surface area contributed by atoms with Gasteiger partial charge in [0.25, 0.3) is 5.91 Å². The highest BCUT2D eigenvalue weighted by atomic mass is 19.1. The summed E-state index contributed by atoms with van der Waals surface area (Å²) >= 11 is 0. The Bertz CT molecular complexity index is 846. The zero-order valence-corrected chi connectivity index (χ0v) is 13.7. The highest BCUT2D eigenvalue weighted by molar-refractivity contribution is 5.92. The van der Waals surface area contributed by atoms with E-state index >= 15 is 0 Å². The maximum atomic E-state index is 12.9. The Morgan fingerprint density at radius 1 is 1.00 bits per heavy atom. The van der Waals surface area contributed by atoms with Crippen LogP contribution in [0.2, 0.25) is 0 Å². The minimum atomic E-state index is -0.335. The van der Waals surface area contributed by atoms with Crippen molar-refractivity contribution in [2.24, 2.45) is 0 Å². The molecule has 25 heavy (non-hydrogen) atoms. The number of hydrogen-bond donors (Lipinski definition) is 2. The molecule has 0 saturated carbocycles. The van der Waals surface area contributed by atoms with Crippen LogP contribution in [0.15, 0.2) is 60.9 Å². The normalized spacial score (nSPS) is 10.3. The fourth-order valence-electron chi connectivity index (χ4n) is 2.17. The van der Waals surface area contributed by atoms with Crippen molar-refractivity contribution in [3.05, 3.63) is 83.6 Å². The molecule has 1 heterocycles. The number of aromatic nitrogens is 2. The third-order valence-corrected chi connectivity index (χ3v) is 3.57. The van der Waals surface area contributed by atoms with Gasteiger partial charge in [-0.05, 0) is 36.8 Å². The van der Waals surface area contributed by atoms with Crippen LogP contribution in [0.4, 0.5) is 15.9 Å². The van der Waals surface area contributed by atoms with Gasteiger partial charge in [0.15, 0.2) is 0 Å². The molecule has 2 N–H and O–H groups in total. The molecule has 0 unspecified atom stereocenters. The van der Waals surface area contributed by atoms with Gasteiger partial charge in [0, 0.05) is 12.2 Å². The first-order valence-electron chi connectivity index (χ1n) is 7.78. The molecule has 2 aromatic carbocycles. The van der Waals surface area contributed by atoms with Crippen molar-refractivity contribution < 1.29 is 9.18 Å². The van der Waals surface area contributed by atoms with E-state index in [0.717, 1.165) is 11.3 Å². The van der Waals surface area contributed by atoms with Gasteiger partial charge in [-0.2, -0.15) is 0 Å². The first-order valence-corrected chi connectivity index (χ1v) is 7.78. The number of amides is 1. The summed E-state index contributed by atoms with van der Waals surface area (Å²) in [5, 5.41) is 5.85. The fraction of sp³-hybridized carbons (Fsp3) is 0.105. The lowest BCUT2D eigenvalue weighted by Gasteiger charge is -2.07. The SMILES string of the molecule is Cc1ccc(Nc2cnc(C(=O)NCc3ccc(F)cc3)cn2)cc1. The molecule has 5 nitrogen and oxygen atoms in total. The van der Waals surface area contributed by atoms with Gasteiger partial charge in [0.05, 0.1) is 12.4 Å². The summed E-state index contributed by atoms with van der Waals surface area (Å²) in [6, 6.07) is 13.8. The molecular weight excluding hydrogens is 319 g/mol. The summed E-state index contributed by atoms with van der Waals surface area (Å²) in [5.74, 6) is -0.0877. The predicted octanol–water partition coefficient (Wildman–Crippen LogP) is 3.60. The number of nitrogens with one attached hydrogen (secondary N) is 2. The van der Waals surface area contributed by atoms with Crippen LogP contribution >= 0.6 is 0 Å². The number of halogens is 1. The average Bonchev–Trinajstić information content (AvgIpc) is 2.63. The zero-order chi connectivity index (χ0) is 17.6. The molecule has 1 amide bonds. The van der Waals surface area contributed by atoms with Gasteiger partial charge < -0.3 is 10.6 Å². The highest BCUT2D eigenvalue weighted by Crippen LogP contribution is 2.14. The molecule has 126 valence electrons. The molecule has 0 spiro atoms. The molecule has 0 aliphatic rings. The van der Waals surface area contributed by atoms with Gasteiger partial charge in [0.2, 0.25) is 0 Å². The topological polar surface area (TPSA) is 66.9 Å². The molecule has 6 heteroatoms. The second-order valence-corrected chi connectivity index (χ2v) is 5.59. The number of rotatable bonds is 5. The van der Waals surface area contributed by atoms with Gasteiger partial charge in [0.1, 0.15) is 17.3 Å². The Hall–Kier alpha value is -3.28. The number of anilines is 2. The summed E-state index contributed by atoms with van der Waals surface area (Å²) in [6.45, 7) is 2.31. The maximum Gasteiger partial charge on any atom is 0.271 e. The highest BCUT2D eigenvalue weighted by Gasteiger charge is 2.08. The summed E-state index contributed by atoms with van der Waals surface area (Å²) in [4.78, 5) is 20.4. The van der Waals surface area contributed by atoms with Gasteiger partial charge >= 0.3 is 0 Å². The van der Waals surface area contributed by atoms with Crippen molar-refractivity contribution in [3.63, 3.8) is 0 Å². The van der Waals surface area contributed by atoms with Gasteiger partial charge in [-0.1, -0.05) is 29.8 Å². The predicted molar refractivity (Wildman–Crippen MR) is 94.1 cm³/mol. The second-order valence-electron chi connectivity index (χ2n) is 5.59. The van der Waals surface area contributed by atoms with Gasteiger partial charge in [-0.25, -0.2) is 14.4 Å². The lowest BCUT2D eigenvalue weighted by Crippen LogP contribution is -2.24.